The maximum Gasteiger partial charge on any atom is 0.401 e. The van der Waals surface area contributed by atoms with Crippen molar-refractivity contribution >= 4 is 52.0 Å². The monoisotopic (exact) mass is 652 g/mol. The van der Waals surface area contributed by atoms with Crippen LogP contribution >= 0.6 is 22.9 Å². The SMILES string of the molecule is O=C(NC[C@H](C(=O)Nc1ccc(N2CCOCC2=O)c(OC(F)F)c1)N(CC(F)(F)F)CC(F)(F)F)c1ccc(Cl)s1. The number of hydrogen-bond acceptors (Lipinski definition) is 7. The van der Waals surface area contributed by atoms with Crippen molar-refractivity contribution in [2.45, 2.75) is 25.0 Å². The summed E-state index contributed by atoms with van der Waals surface area (Å²) in [6.07, 6.45) is -10.4. The molecule has 0 aliphatic carbocycles. The summed E-state index contributed by atoms with van der Waals surface area (Å²) >= 11 is 6.52. The minimum absolute atomic E-state index is 0.0283. The Bertz CT molecular complexity index is 1260. The minimum atomic E-state index is -5.18. The van der Waals surface area contributed by atoms with Crippen LogP contribution in [0.1, 0.15) is 9.67 Å². The lowest BCUT2D eigenvalue weighted by Crippen LogP contribution is -2.55. The molecule has 1 aliphatic heterocycles. The van der Waals surface area contributed by atoms with Crippen molar-refractivity contribution in [3.8, 4) is 5.75 Å². The number of carbonyl (C=O) groups is 3. The van der Waals surface area contributed by atoms with Gasteiger partial charge in [0.15, 0.2) is 5.75 Å². The van der Waals surface area contributed by atoms with Gasteiger partial charge in [-0.25, -0.2) is 0 Å². The fraction of sp³-hybridized carbons (Fsp3) is 0.435. The van der Waals surface area contributed by atoms with Crippen LogP contribution in [0.15, 0.2) is 30.3 Å². The average Bonchev–Trinajstić information content (AvgIpc) is 3.29. The molecule has 3 amide bonds. The van der Waals surface area contributed by atoms with Crippen molar-refractivity contribution in [2.24, 2.45) is 0 Å². The number of carbonyl (C=O) groups excluding carboxylic acids is 3. The first-order valence-corrected chi connectivity index (χ1v) is 12.9. The molecule has 1 aromatic heterocycles. The van der Waals surface area contributed by atoms with Gasteiger partial charge in [-0.3, -0.25) is 19.3 Å². The van der Waals surface area contributed by atoms with Gasteiger partial charge in [0.05, 0.1) is 34.6 Å². The third-order valence-electron chi connectivity index (χ3n) is 5.48. The first kappa shape index (κ1) is 33.3. The normalized spacial score (nSPS) is 15.2. The number of morpholine rings is 1. The summed E-state index contributed by atoms with van der Waals surface area (Å²) in [6, 6.07) is 3.34. The number of nitrogens with zero attached hydrogens (tertiary/aromatic N) is 2. The summed E-state index contributed by atoms with van der Waals surface area (Å²) in [7, 11) is 0. The van der Waals surface area contributed by atoms with Gasteiger partial charge in [-0.1, -0.05) is 11.6 Å². The van der Waals surface area contributed by atoms with Gasteiger partial charge in [0.1, 0.15) is 12.6 Å². The molecule has 0 spiro atoms. The van der Waals surface area contributed by atoms with E-state index in [0.717, 1.165) is 34.4 Å². The van der Waals surface area contributed by atoms with E-state index in [1.807, 2.05) is 0 Å². The summed E-state index contributed by atoms with van der Waals surface area (Å²) in [5, 5.41) is 4.20. The highest BCUT2D eigenvalue weighted by Gasteiger charge is 2.42. The topological polar surface area (TPSA) is 100 Å². The van der Waals surface area contributed by atoms with Crippen LogP contribution in [0.5, 0.6) is 5.75 Å². The summed E-state index contributed by atoms with van der Waals surface area (Å²) < 4.78 is 115. The van der Waals surface area contributed by atoms with E-state index < -0.39 is 68.1 Å². The molecule has 0 saturated carbocycles. The average molecular weight is 653 g/mol. The fourth-order valence-corrected chi connectivity index (χ4v) is 4.80. The van der Waals surface area contributed by atoms with Gasteiger partial charge < -0.3 is 25.0 Å². The van der Waals surface area contributed by atoms with E-state index in [2.05, 4.69) is 15.4 Å². The quantitative estimate of drug-likeness (QED) is 0.346. The fourth-order valence-electron chi connectivity index (χ4n) is 3.84. The van der Waals surface area contributed by atoms with Crippen LogP contribution < -0.4 is 20.3 Å². The van der Waals surface area contributed by atoms with Gasteiger partial charge >= 0.3 is 19.0 Å². The zero-order chi connectivity index (χ0) is 31.2. The maximum absolute atomic E-state index is 13.3. The van der Waals surface area contributed by atoms with Crippen molar-refractivity contribution in [1.29, 1.82) is 0 Å². The van der Waals surface area contributed by atoms with E-state index >= 15 is 0 Å². The van der Waals surface area contributed by atoms with Crippen LogP contribution in [0, 0.1) is 0 Å². The molecule has 1 atom stereocenters. The lowest BCUT2D eigenvalue weighted by Gasteiger charge is -2.32. The third kappa shape index (κ3) is 9.95. The summed E-state index contributed by atoms with van der Waals surface area (Å²) in [5.41, 5.74) is -0.503. The Morgan fingerprint density at radius 2 is 1.76 bits per heavy atom. The maximum atomic E-state index is 13.3. The number of hydrogen-bond donors (Lipinski definition) is 2. The molecule has 0 unspecified atom stereocenters. The van der Waals surface area contributed by atoms with Crippen LogP contribution in [0.2, 0.25) is 4.34 Å². The molecule has 1 aromatic carbocycles. The van der Waals surface area contributed by atoms with Gasteiger partial charge in [0.2, 0.25) is 5.91 Å². The molecule has 232 valence electrons. The van der Waals surface area contributed by atoms with Gasteiger partial charge in [0, 0.05) is 24.8 Å². The first-order chi connectivity index (χ1) is 19.5. The van der Waals surface area contributed by atoms with Crippen LogP contribution in [-0.4, -0.2) is 87.0 Å². The molecule has 2 aromatic rings. The lowest BCUT2D eigenvalue weighted by molar-refractivity contribution is -0.186. The van der Waals surface area contributed by atoms with Crippen molar-refractivity contribution in [2.75, 3.05) is 49.6 Å². The van der Waals surface area contributed by atoms with Gasteiger partial charge in [-0.05, 0) is 24.3 Å². The second kappa shape index (κ2) is 13.8. The number of rotatable bonds is 11. The number of halogens is 9. The predicted molar refractivity (Wildman–Crippen MR) is 134 cm³/mol. The number of thiophene rings is 1. The molecule has 2 N–H and O–H groups in total. The second-order valence-corrected chi connectivity index (χ2v) is 10.3. The molecule has 1 fully saturated rings. The van der Waals surface area contributed by atoms with E-state index in [-0.39, 0.29) is 45.2 Å². The van der Waals surface area contributed by atoms with E-state index in [0.29, 0.717) is 0 Å². The number of benzene rings is 1. The number of ether oxygens (including phenoxy) is 2. The molecule has 0 bridgehead atoms. The van der Waals surface area contributed by atoms with Crippen molar-refractivity contribution in [3.05, 3.63) is 39.5 Å². The molecule has 19 heteroatoms. The highest BCUT2D eigenvalue weighted by Crippen LogP contribution is 2.34. The number of amides is 3. The molecular formula is C23H21ClF8N4O5S. The summed E-state index contributed by atoms with van der Waals surface area (Å²) in [6.45, 7) is -9.08. The molecule has 1 saturated heterocycles. The van der Waals surface area contributed by atoms with Crippen LogP contribution in [0.3, 0.4) is 0 Å². The Morgan fingerprint density at radius 1 is 1.10 bits per heavy atom. The van der Waals surface area contributed by atoms with Gasteiger partial charge in [0.25, 0.3) is 11.8 Å². The number of alkyl halides is 8. The Balaban J connectivity index is 1.91. The summed E-state index contributed by atoms with van der Waals surface area (Å²) in [4.78, 5) is 38.5. The molecule has 0 radical (unpaired) electrons. The van der Waals surface area contributed by atoms with Crippen molar-refractivity contribution in [1.82, 2.24) is 10.2 Å². The Morgan fingerprint density at radius 3 is 2.31 bits per heavy atom. The second-order valence-electron chi connectivity index (χ2n) is 8.61. The highest BCUT2D eigenvalue weighted by molar-refractivity contribution is 7.18. The van der Waals surface area contributed by atoms with E-state index in [9.17, 15) is 49.5 Å². The van der Waals surface area contributed by atoms with E-state index in [4.69, 9.17) is 16.3 Å². The van der Waals surface area contributed by atoms with E-state index in [1.165, 1.54) is 12.1 Å². The van der Waals surface area contributed by atoms with Crippen LogP contribution in [0.25, 0.3) is 0 Å². The minimum Gasteiger partial charge on any atom is -0.433 e. The lowest BCUT2D eigenvalue weighted by atomic mass is 10.1. The molecule has 3 rings (SSSR count). The summed E-state index contributed by atoms with van der Waals surface area (Å²) in [5.74, 6) is -3.57. The van der Waals surface area contributed by atoms with Gasteiger partial charge in [-0.2, -0.15) is 35.1 Å². The largest absolute Gasteiger partial charge is 0.433 e. The molecule has 42 heavy (non-hydrogen) atoms. The predicted octanol–water partition coefficient (Wildman–Crippen LogP) is 4.53. The van der Waals surface area contributed by atoms with Gasteiger partial charge in [-0.15, -0.1) is 11.3 Å². The molecule has 2 heterocycles. The van der Waals surface area contributed by atoms with Crippen LogP contribution in [0.4, 0.5) is 46.5 Å². The first-order valence-electron chi connectivity index (χ1n) is 11.7. The Kier molecular flexibility index (Phi) is 11.0. The number of anilines is 2. The highest BCUT2D eigenvalue weighted by atomic mass is 35.5. The Labute approximate surface area is 241 Å². The van der Waals surface area contributed by atoms with Crippen LogP contribution in [-0.2, 0) is 14.3 Å². The van der Waals surface area contributed by atoms with Crippen molar-refractivity contribution < 1.29 is 59.0 Å². The molecule has 9 nitrogen and oxygen atoms in total. The third-order valence-corrected chi connectivity index (χ3v) is 6.71. The zero-order valence-electron chi connectivity index (χ0n) is 21.0. The smallest absolute Gasteiger partial charge is 0.401 e. The van der Waals surface area contributed by atoms with E-state index in [1.54, 1.807) is 0 Å². The molecular weight excluding hydrogens is 632 g/mol. The standard InChI is InChI=1S/C23H21ClF8N4O5S/c24-17-4-3-16(42-17)20(39)33-8-14(35(10-22(27,28)29)11-23(30,31)32)19(38)34-12-1-2-13(15(7-12)41-21(25)26)36-5-6-40-9-18(36)37/h1-4,7,14,21H,5-6,8-11H2,(H,33,39)(H,34,38)/t14-/m1/s1. The Hall–Kier alpha value is -3.22. The zero-order valence-corrected chi connectivity index (χ0v) is 22.6. The van der Waals surface area contributed by atoms with Crippen molar-refractivity contribution in [3.63, 3.8) is 0 Å². The number of nitrogens with one attached hydrogen (secondary N) is 2. The molecule has 1 aliphatic rings.